The van der Waals surface area contributed by atoms with Gasteiger partial charge in [-0.15, -0.1) is 0 Å². The van der Waals surface area contributed by atoms with E-state index in [9.17, 15) is 35.4 Å². The summed E-state index contributed by atoms with van der Waals surface area (Å²) in [6, 6.07) is 0. The van der Waals surface area contributed by atoms with Gasteiger partial charge in [0.05, 0.1) is 54.4 Å². The Morgan fingerprint density at radius 1 is 0.729 bits per heavy atom. The van der Waals surface area contributed by atoms with Gasteiger partial charge in [-0.1, -0.05) is 13.8 Å². The molecule has 59 heavy (non-hydrogen) atoms. The van der Waals surface area contributed by atoms with Crippen LogP contribution >= 0.6 is 0 Å². The largest absolute Gasteiger partial charge is 0.481 e. The van der Waals surface area contributed by atoms with E-state index in [1.807, 2.05) is 13.8 Å². The predicted molar refractivity (Wildman–Crippen MR) is 206 cm³/mol. The molecular weight excluding hydrogens is 772 g/mol. The van der Waals surface area contributed by atoms with E-state index in [1.54, 1.807) is 19.9 Å². The molecular formula is C43H68O16. The highest BCUT2D eigenvalue weighted by Gasteiger charge is 2.71. The van der Waals surface area contributed by atoms with Gasteiger partial charge in [-0.05, 0) is 107 Å². The van der Waals surface area contributed by atoms with Crippen LogP contribution in [0, 0.1) is 34.5 Å². The minimum atomic E-state index is -1.01. The highest BCUT2D eigenvalue weighted by Crippen LogP contribution is 2.70. The van der Waals surface area contributed by atoms with Crippen LogP contribution in [0.4, 0.5) is 0 Å². The average molecular weight is 841 g/mol. The molecule has 4 saturated carbocycles. The number of carboxylic acid groups (broad SMARTS) is 1. The van der Waals surface area contributed by atoms with E-state index in [1.165, 1.54) is 0 Å². The fraction of sp³-hybridized carbons (Fsp3) is 0.907. The Morgan fingerprint density at radius 3 is 1.83 bits per heavy atom. The minimum Gasteiger partial charge on any atom is -0.481 e. The minimum absolute atomic E-state index is 0.0452. The maximum atomic E-state index is 12.6. The number of cyclic esters (lactones) is 1. The first-order valence-corrected chi connectivity index (χ1v) is 21.9. The van der Waals surface area contributed by atoms with Crippen molar-refractivity contribution in [1.29, 1.82) is 0 Å². The summed E-state index contributed by atoms with van der Waals surface area (Å²) in [7, 11) is 0. The summed E-state index contributed by atoms with van der Waals surface area (Å²) in [5.41, 5.74) is -0.892. The van der Waals surface area contributed by atoms with Crippen molar-refractivity contribution in [3.63, 3.8) is 0 Å². The molecule has 4 aliphatic heterocycles. The van der Waals surface area contributed by atoms with Crippen molar-refractivity contribution in [2.24, 2.45) is 34.5 Å². The molecule has 8 rings (SSSR count). The number of aliphatic hydroxyl groups excluding tert-OH is 5. The molecule has 0 amide bonds. The van der Waals surface area contributed by atoms with Crippen LogP contribution < -0.4 is 0 Å². The van der Waals surface area contributed by atoms with Crippen molar-refractivity contribution < 1.29 is 78.5 Å². The molecule has 8 aliphatic rings. The molecule has 7 fully saturated rings. The molecule has 4 heterocycles. The van der Waals surface area contributed by atoms with Crippen LogP contribution in [-0.2, 0) is 42.7 Å². The first kappa shape index (κ1) is 45.2. The number of rotatable bonds is 7. The third-order valence-electron chi connectivity index (χ3n) is 16.0. The SMILES string of the molecule is CC(=O)O.C[C@H]1O[C@H](O[C@H]2[C@@H](O)C[C@@H](O[C@H]3[C@@H](O)C[C@@H](O[C@H]4CC[C@@]5(C)[C@H](CC[C@@H]6[C@@H]5C[C@@H](O)[C@]5(C)[C@@H](C7=CC(=O)OC7)CCC65O)C4)O[C@@H]3C)O[C@@H]2C)C[C@H](O)[C@@H]1O. The second kappa shape index (κ2) is 17.4. The van der Waals surface area contributed by atoms with Crippen LogP contribution in [0.15, 0.2) is 11.6 Å². The number of hydrogen-bond donors (Lipinski definition) is 7. The number of aliphatic hydroxyl groups is 6. The third kappa shape index (κ3) is 8.52. The van der Waals surface area contributed by atoms with Crippen LogP contribution in [0.1, 0.15) is 112 Å². The Bertz CT molecular complexity index is 1500. The summed E-state index contributed by atoms with van der Waals surface area (Å²) in [4.78, 5) is 20.9. The van der Waals surface area contributed by atoms with E-state index in [4.69, 9.17) is 43.1 Å². The Morgan fingerprint density at radius 2 is 1.29 bits per heavy atom. The van der Waals surface area contributed by atoms with Gasteiger partial charge >= 0.3 is 5.97 Å². The number of ether oxygens (including phenoxy) is 7. The van der Waals surface area contributed by atoms with E-state index in [0.717, 1.165) is 51.0 Å². The van der Waals surface area contributed by atoms with Crippen LogP contribution in [-0.4, -0.2) is 146 Å². The van der Waals surface area contributed by atoms with Crippen molar-refractivity contribution in [3.8, 4) is 0 Å². The molecule has 3 saturated heterocycles. The van der Waals surface area contributed by atoms with Crippen molar-refractivity contribution in [2.45, 2.75) is 204 Å². The lowest BCUT2D eigenvalue weighted by Crippen LogP contribution is -2.67. The Labute approximate surface area is 346 Å². The maximum Gasteiger partial charge on any atom is 0.331 e. The molecule has 0 spiro atoms. The highest BCUT2D eigenvalue weighted by atomic mass is 16.7. The molecule has 16 heteroatoms. The average Bonchev–Trinajstić information content (AvgIpc) is 3.70. The second-order valence-electron chi connectivity index (χ2n) is 19.3. The summed E-state index contributed by atoms with van der Waals surface area (Å²) in [5, 5.41) is 74.3. The van der Waals surface area contributed by atoms with Gasteiger partial charge in [0, 0.05) is 37.7 Å². The molecule has 0 aromatic carbocycles. The van der Waals surface area contributed by atoms with Crippen molar-refractivity contribution in [1.82, 2.24) is 0 Å². The zero-order valence-electron chi connectivity index (χ0n) is 35.3. The lowest BCUT2D eigenvalue weighted by molar-refractivity contribution is -0.336. The smallest absolute Gasteiger partial charge is 0.331 e. The van der Waals surface area contributed by atoms with E-state index < -0.39 is 96.9 Å². The predicted octanol–water partition coefficient (Wildman–Crippen LogP) is 2.31. The molecule has 0 aromatic rings. The molecule has 7 N–H and O–H groups in total. The van der Waals surface area contributed by atoms with Crippen LogP contribution in [0.3, 0.4) is 0 Å². The standard InChI is InChI=1S/C41H64O14.C2H4O2/c1-19-36(47)28(42)15-34(50-19)54-38-21(3)52-35(17-30(38)44)55-37-20(2)51-33(16-29(37)43)53-24-8-10-39(4)23(13-24)6-7-26-27(39)14-31(45)40(5)25(9-11-41(26,40)48)22-12-32(46)49-18-22;1-2(3)4/h12,19-21,23-31,33-38,42-45,47-48H,6-11,13-18H2,1-5H3;1H3,(H,3,4)/t19-,20-,21-,23-,24+,25-,26-,27+,28+,29+,30+,31-,33-,34-,35-,36-,37-,38-,39+,40+,41?;/m1./s1. The topological polar surface area (TPSA) is 240 Å². The molecule has 336 valence electrons. The summed E-state index contributed by atoms with van der Waals surface area (Å²) >= 11 is 0. The van der Waals surface area contributed by atoms with E-state index in [2.05, 4.69) is 6.92 Å². The molecule has 0 bridgehead atoms. The lowest BCUT2D eigenvalue weighted by Gasteiger charge is -2.65. The number of fused-ring (bicyclic) bond motifs is 5. The van der Waals surface area contributed by atoms with Crippen LogP contribution in [0.25, 0.3) is 0 Å². The number of carbonyl (C=O) groups excluding carboxylic acids is 1. The first-order chi connectivity index (χ1) is 27.7. The van der Waals surface area contributed by atoms with Gasteiger partial charge in [-0.2, -0.15) is 0 Å². The van der Waals surface area contributed by atoms with Gasteiger partial charge in [-0.25, -0.2) is 4.79 Å². The van der Waals surface area contributed by atoms with Gasteiger partial charge < -0.3 is 68.9 Å². The van der Waals surface area contributed by atoms with Crippen LogP contribution in [0.2, 0.25) is 0 Å². The maximum absolute atomic E-state index is 12.6. The zero-order valence-corrected chi connectivity index (χ0v) is 35.3. The molecule has 0 aromatic heterocycles. The third-order valence-corrected chi connectivity index (χ3v) is 16.0. The van der Waals surface area contributed by atoms with E-state index >= 15 is 0 Å². The number of aliphatic carboxylic acids is 1. The van der Waals surface area contributed by atoms with Crippen molar-refractivity contribution >= 4 is 11.9 Å². The Hall–Kier alpha value is -1.80. The Balaban J connectivity index is 0.00000126. The number of esters is 1. The van der Waals surface area contributed by atoms with E-state index in [0.29, 0.717) is 18.8 Å². The molecule has 16 nitrogen and oxygen atoms in total. The van der Waals surface area contributed by atoms with Gasteiger partial charge in [0.1, 0.15) is 24.9 Å². The van der Waals surface area contributed by atoms with Gasteiger partial charge in [-0.3, -0.25) is 4.79 Å². The molecule has 4 aliphatic carbocycles. The summed E-state index contributed by atoms with van der Waals surface area (Å²) in [6.45, 7) is 11.0. The second-order valence-corrected chi connectivity index (χ2v) is 19.3. The summed E-state index contributed by atoms with van der Waals surface area (Å²) in [6.07, 6.45) is -1.51. The van der Waals surface area contributed by atoms with Crippen molar-refractivity contribution in [3.05, 3.63) is 11.6 Å². The molecule has 21 atom stereocenters. The fourth-order valence-corrected chi connectivity index (χ4v) is 12.8. The van der Waals surface area contributed by atoms with Gasteiger partial charge in [0.25, 0.3) is 5.97 Å². The monoisotopic (exact) mass is 840 g/mol. The molecule has 1 unspecified atom stereocenters. The highest BCUT2D eigenvalue weighted by molar-refractivity contribution is 5.85. The number of hydrogen-bond acceptors (Lipinski definition) is 15. The normalized spacial score (nSPS) is 52.2. The quantitative estimate of drug-likeness (QED) is 0.144. The van der Waals surface area contributed by atoms with E-state index in [-0.39, 0.29) is 61.1 Å². The number of carbonyl (C=O) groups is 2. The number of carboxylic acids is 1. The first-order valence-electron chi connectivity index (χ1n) is 21.9. The van der Waals surface area contributed by atoms with Crippen molar-refractivity contribution in [2.75, 3.05) is 6.61 Å². The zero-order chi connectivity index (χ0) is 42.8. The summed E-state index contributed by atoms with van der Waals surface area (Å²) < 4.78 is 42.1. The van der Waals surface area contributed by atoms with Gasteiger partial charge in [0.15, 0.2) is 18.9 Å². The lowest BCUT2D eigenvalue weighted by atomic mass is 9.42. The summed E-state index contributed by atoms with van der Waals surface area (Å²) in [5.74, 6) is -0.629. The molecule has 0 radical (unpaired) electrons. The Kier molecular flexibility index (Phi) is 13.3. The van der Waals surface area contributed by atoms with Crippen LogP contribution in [0.5, 0.6) is 0 Å². The fourth-order valence-electron chi connectivity index (χ4n) is 12.8. The van der Waals surface area contributed by atoms with Gasteiger partial charge in [0.2, 0.25) is 0 Å².